The molecule has 4 aliphatic rings. The molecule has 43 heavy (non-hydrogen) atoms. The zero-order chi connectivity index (χ0) is 30.7. The predicted octanol–water partition coefficient (Wildman–Crippen LogP) is -0.633. The highest BCUT2D eigenvalue weighted by atomic mass is 32.5. The SMILES string of the molecule is NC(=O)C1([C@H]2O[C@@H]3COP(=O)(O)O[C@@H]4[C@@H](F)[C@H](n5cnc6c(N)ncnc65)O[C@@H]4COP(O)(=S)O[C@@H]3[C@@H]2O)C=CN=CC1. The minimum atomic E-state index is -5.06. The Morgan fingerprint density at radius 2 is 1.88 bits per heavy atom. The molecular weight excluding hydrogens is 639 g/mol. The Bertz CT molecular complexity index is 1580. The number of phosphoric acid groups is 1. The van der Waals surface area contributed by atoms with E-state index >= 15 is 4.39 Å². The van der Waals surface area contributed by atoms with Gasteiger partial charge in [0.1, 0.15) is 53.9 Å². The van der Waals surface area contributed by atoms with Gasteiger partial charge in [-0.25, -0.2) is 23.9 Å². The third-order valence-electron chi connectivity index (χ3n) is 7.54. The molecule has 0 bridgehead atoms. The van der Waals surface area contributed by atoms with E-state index in [4.69, 9.17) is 50.8 Å². The largest absolute Gasteiger partial charge is 0.472 e. The molecule has 234 valence electrons. The first-order chi connectivity index (χ1) is 20.3. The number of hydrogen-bond acceptors (Lipinski definition) is 15. The van der Waals surface area contributed by atoms with E-state index in [1.54, 1.807) is 0 Å². The van der Waals surface area contributed by atoms with Gasteiger partial charge in [-0.05, 0) is 17.9 Å². The summed E-state index contributed by atoms with van der Waals surface area (Å²) in [5, 5.41) is 11.2. The number of amides is 1. The number of halogens is 1. The second-order valence-corrected chi connectivity index (χ2v) is 14.3. The summed E-state index contributed by atoms with van der Waals surface area (Å²) < 4.78 is 63.1. The zero-order valence-corrected chi connectivity index (χ0v) is 24.4. The third-order valence-corrected chi connectivity index (χ3v) is 10.1. The molecule has 2 aromatic rings. The van der Waals surface area contributed by atoms with Crippen molar-refractivity contribution in [2.24, 2.45) is 16.1 Å². The van der Waals surface area contributed by atoms with Gasteiger partial charge in [-0.15, -0.1) is 0 Å². The van der Waals surface area contributed by atoms with Crippen molar-refractivity contribution in [2.45, 2.75) is 55.4 Å². The number of alkyl halides is 1. The number of carbonyl (C=O) groups is 1. The number of nitrogen functional groups attached to an aromatic ring is 1. The Balaban J connectivity index is 1.28. The Morgan fingerprint density at radius 1 is 1.14 bits per heavy atom. The van der Waals surface area contributed by atoms with E-state index in [0.717, 1.165) is 6.33 Å². The molecule has 6 rings (SSSR count). The number of carbonyl (C=O) groups excluding carboxylic acids is 1. The average molecular weight is 665 g/mol. The van der Waals surface area contributed by atoms with Crippen LogP contribution in [-0.2, 0) is 48.7 Å². The number of nitrogens with zero attached hydrogens (tertiary/aromatic N) is 5. The average Bonchev–Trinajstić information content (AvgIpc) is 3.61. The maximum Gasteiger partial charge on any atom is 0.472 e. The molecule has 4 aliphatic heterocycles. The van der Waals surface area contributed by atoms with E-state index in [1.807, 2.05) is 0 Å². The highest BCUT2D eigenvalue weighted by Crippen LogP contribution is 2.54. The lowest BCUT2D eigenvalue weighted by atomic mass is 9.75. The van der Waals surface area contributed by atoms with Crippen LogP contribution in [0.15, 0.2) is 29.9 Å². The van der Waals surface area contributed by atoms with E-state index in [1.165, 1.54) is 29.4 Å². The van der Waals surface area contributed by atoms with Crippen LogP contribution in [0.25, 0.3) is 11.2 Å². The van der Waals surface area contributed by atoms with Crippen molar-refractivity contribution in [1.29, 1.82) is 0 Å². The summed E-state index contributed by atoms with van der Waals surface area (Å²) in [6.07, 6.45) is -6.44. The van der Waals surface area contributed by atoms with Crippen LogP contribution in [0, 0.1) is 5.41 Å². The van der Waals surface area contributed by atoms with E-state index in [0.29, 0.717) is 0 Å². The summed E-state index contributed by atoms with van der Waals surface area (Å²) >= 11 is 5.14. The fourth-order valence-electron chi connectivity index (χ4n) is 5.41. The number of nitrogens with two attached hydrogens (primary N) is 2. The summed E-state index contributed by atoms with van der Waals surface area (Å²) in [5.74, 6) is -0.831. The number of primary amides is 1. The van der Waals surface area contributed by atoms with Crippen molar-refractivity contribution in [3.8, 4) is 0 Å². The molecule has 11 atom stereocenters. The number of fused-ring (bicyclic) bond motifs is 3. The maximum absolute atomic E-state index is 15.9. The number of phosphoric ester groups is 1. The molecule has 6 heterocycles. The van der Waals surface area contributed by atoms with Crippen molar-refractivity contribution in [2.75, 3.05) is 18.9 Å². The van der Waals surface area contributed by atoms with Crippen LogP contribution in [0.4, 0.5) is 10.2 Å². The van der Waals surface area contributed by atoms with Crippen molar-refractivity contribution >= 4 is 55.5 Å². The lowest BCUT2D eigenvalue weighted by Crippen LogP contribution is -2.51. The van der Waals surface area contributed by atoms with Crippen LogP contribution >= 0.6 is 14.5 Å². The van der Waals surface area contributed by atoms with Crippen LogP contribution in [0.3, 0.4) is 0 Å². The fourth-order valence-corrected chi connectivity index (χ4v) is 7.81. The lowest BCUT2D eigenvalue weighted by Gasteiger charge is -2.34. The van der Waals surface area contributed by atoms with E-state index < -0.39 is 88.1 Å². The zero-order valence-electron chi connectivity index (χ0n) is 21.8. The van der Waals surface area contributed by atoms with E-state index in [-0.39, 0.29) is 23.4 Å². The molecule has 18 nitrogen and oxygen atoms in total. The first-order valence-corrected chi connectivity index (χ1v) is 16.8. The molecule has 0 radical (unpaired) electrons. The number of anilines is 1. The van der Waals surface area contributed by atoms with Gasteiger partial charge < -0.3 is 40.4 Å². The van der Waals surface area contributed by atoms with Gasteiger partial charge in [-0.1, -0.05) is 0 Å². The number of aliphatic hydroxyl groups is 1. The minimum Gasteiger partial charge on any atom is -0.388 e. The highest BCUT2D eigenvalue weighted by Gasteiger charge is 2.58. The van der Waals surface area contributed by atoms with Gasteiger partial charge in [0.15, 0.2) is 23.9 Å². The fraction of sp³-hybridized carbons (Fsp3) is 0.571. The molecule has 3 fully saturated rings. The van der Waals surface area contributed by atoms with Gasteiger partial charge in [0.2, 0.25) is 5.91 Å². The second kappa shape index (κ2) is 11.2. The minimum absolute atomic E-state index is 0.0289. The Hall–Kier alpha value is -2.32. The summed E-state index contributed by atoms with van der Waals surface area (Å²) in [6, 6.07) is 0. The molecule has 0 aromatic carbocycles. The van der Waals surface area contributed by atoms with Crippen molar-refractivity contribution in [3.05, 3.63) is 24.9 Å². The number of ether oxygens (including phenoxy) is 2. The highest BCUT2D eigenvalue weighted by molar-refractivity contribution is 8.07. The normalized spacial score (nSPS) is 43.5. The van der Waals surface area contributed by atoms with Gasteiger partial charge >= 0.3 is 14.5 Å². The third kappa shape index (κ3) is 5.56. The molecule has 1 amide bonds. The number of aliphatic hydroxyl groups excluding tert-OH is 1. The topological polar surface area (TPSA) is 258 Å². The number of aliphatic imine (C=N–C) groups is 1. The quantitative estimate of drug-likeness (QED) is 0.256. The Labute approximate surface area is 246 Å². The molecule has 0 saturated carbocycles. The van der Waals surface area contributed by atoms with Crippen molar-refractivity contribution in [3.63, 3.8) is 0 Å². The lowest BCUT2D eigenvalue weighted by molar-refractivity contribution is -0.137. The van der Waals surface area contributed by atoms with E-state index in [2.05, 4.69) is 19.9 Å². The second-order valence-electron chi connectivity index (χ2n) is 10.1. The molecule has 3 saturated heterocycles. The molecule has 0 aliphatic carbocycles. The predicted molar refractivity (Wildman–Crippen MR) is 145 cm³/mol. The first-order valence-electron chi connectivity index (χ1n) is 12.7. The van der Waals surface area contributed by atoms with Gasteiger partial charge in [0.05, 0.1) is 19.5 Å². The molecule has 7 N–H and O–H groups in total. The van der Waals surface area contributed by atoms with Gasteiger partial charge in [-0.2, -0.15) is 0 Å². The number of aromatic nitrogens is 4. The van der Waals surface area contributed by atoms with E-state index in [9.17, 15) is 24.3 Å². The van der Waals surface area contributed by atoms with Crippen LogP contribution in [0.1, 0.15) is 12.6 Å². The Kier molecular flexibility index (Phi) is 8.02. The molecular formula is C21H26FN7O11P2S. The van der Waals surface area contributed by atoms with Crippen molar-refractivity contribution in [1.82, 2.24) is 19.5 Å². The Morgan fingerprint density at radius 3 is 2.60 bits per heavy atom. The van der Waals surface area contributed by atoms with Crippen LogP contribution in [-0.4, -0.2) is 103 Å². The summed E-state index contributed by atoms with van der Waals surface area (Å²) in [6.45, 7) is -5.72. The van der Waals surface area contributed by atoms with Crippen molar-refractivity contribution < 1.29 is 56.2 Å². The monoisotopic (exact) mass is 665 g/mol. The first kappa shape index (κ1) is 30.7. The van der Waals surface area contributed by atoms with Gasteiger partial charge in [0, 0.05) is 18.8 Å². The summed E-state index contributed by atoms with van der Waals surface area (Å²) in [5.41, 5.74) is 10.2. The molecule has 2 aromatic heterocycles. The van der Waals surface area contributed by atoms with Crippen LogP contribution in [0.5, 0.6) is 0 Å². The smallest absolute Gasteiger partial charge is 0.388 e. The summed E-state index contributed by atoms with van der Waals surface area (Å²) in [7, 11) is -5.06. The van der Waals surface area contributed by atoms with Crippen LogP contribution in [0.2, 0.25) is 0 Å². The number of rotatable bonds is 3. The molecule has 3 unspecified atom stereocenters. The van der Waals surface area contributed by atoms with Gasteiger partial charge in [0.25, 0.3) is 0 Å². The molecule has 22 heteroatoms. The van der Waals surface area contributed by atoms with Gasteiger partial charge in [-0.3, -0.25) is 27.9 Å². The number of hydrogen-bond donors (Lipinski definition) is 5. The number of imidazole rings is 1. The maximum atomic E-state index is 15.9. The van der Waals surface area contributed by atoms with Crippen LogP contribution < -0.4 is 11.5 Å². The standard InChI is InChI=1S/C21H26FN7O11P2S/c22-11-14-9(38-19(11)29-8-28-12-17(23)26-7-27-18(12)29)6-36-42(34,43)40-15-10(5-35-41(32,33)39-14)37-16(13(15)30)21(20(24)31)1-3-25-4-2-21/h1,3-4,7-11,13-16,19,30H,2,5-6H2,(H2,24,31)(H,32,33)(H,34,43)(H2,23,26,27)/t9-,10-,11-,13+,14+,15+,16+,19-,21?,42?/m1/s1. The summed E-state index contributed by atoms with van der Waals surface area (Å²) in [4.78, 5) is 49.8. The molecule has 0 spiro atoms.